The summed E-state index contributed by atoms with van der Waals surface area (Å²) >= 11 is 1.51. The molecule has 0 unspecified atom stereocenters. The summed E-state index contributed by atoms with van der Waals surface area (Å²) in [5.74, 6) is 0.905. The van der Waals surface area contributed by atoms with Crippen molar-refractivity contribution in [2.24, 2.45) is 0 Å². The standard InChI is InChI=1S/C15H9N3O2S/c19-14-11-13(16-12(17-14)10-7-4-8-21-10)18-15(20-11)9-5-2-1-3-6-9/h1-8H,(H,16,17,19). The number of aromatic nitrogens is 3. The van der Waals surface area contributed by atoms with E-state index in [2.05, 4.69) is 15.0 Å². The Labute approximate surface area is 122 Å². The number of fused-ring (bicyclic) bond motifs is 1. The highest BCUT2D eigenvalue weighted by molar-refractivity contribution is 7.13. The smallest absolute Gasteiger partial charge is 0.296 e. The maximum absolute atomic E-state index is 12.1. The molecule has 0 aliphatic rings. The molecule has 0 atom stereocenters. The fourth-order valence-electron chi connectivity index (χ4n) is 2.07. The summed E-state index contributed by atoms with van der Waals surface area (Å²) in [7, 11) is 0. The molecule has 5 nitrogen and oxygen atoms in total. The highest BCUT2D eigenvalue weighted by Crippen LogP contribution is 2.24. The molecular formula is C15H9N3O2S. The number of nitrogens with zero attached hydrogens (tertiary/aromatic N) is 2. The summed E-state index contributed by atoms with van der Waals surface area (Å²) in [5, 5.41) is 1.93. The van der Waals surface area contributed by atoms with Crippen LogP contribution in [0.1, 0.15) is 0 Å². The number of rotatable bonds is 2. The zero-order valence-corrected chi connectivity index (χ0v) is 11.6. The fourth-order valence-corrected chi connectivity index (χ4v) is 2.74. The zero-order valence-electron chi connectivity index (χ0n) is 10.7. The van der Waals surface area contributed by atoms with Gasteiger partial charge in [0.15, 0.2) is 5.82 Å². The maximum atomic E-state index is 12.1. The van der Waals surface area contributed by atoms with E-state index in [0.717, 1.165) is 10.4 Å². The van der Waals surface area contributed by atoms with Crippen LogP contribution in [0.25, 0.3) is 33.4 Å². The van der Waals surface area contributed by atoms with Crippen molar-refractivity contribution in [1.82, 2.24) is 15.0 Å². The molecule has 4 rings (SSSR count). The summed E-state index contributed by atoms with van der Waals surface area (Å²) in [5.41, 5.74) is 0.959. The Bertz CT molecular complexity index is 956. The van der Waals surface area contributed by atoms with Crippen molar-refractivity contribution in [3.63, 3.8) is 0 Å². The molecule has 0 radical (unpaired) electrons. The van der Waals surface area contributed by atoms with E-state index >= 15 is 0 Å². The average molecular weight is 295 g/mol. The van der Waals surface area contributed by atoms with Gasteiger partial charge in [0.1, 0.15) is 0 Å². The van der Waals surface area contributed by atoms with Crippen molar-refractivity contribution in [3.05, 3.63) is 58.2 Å². The van der Waals surface area contributed by atoms with Crippen LogP contribution in [-0.2, 0) is 0 Å². The summed E-state index contributed by atoms with van der Waals surface area (Å²) in [6.07, 6.45) is 0. The van der Waals surface area contributed by atoms with Gasteiger partial charge in [-0.1, -0.05) is 24.3 Å². The SMILES string of the molecule is O=c1[nH]c(-c2cccs2)nc2nc(-c3ccccc3)oc12. The summed E-state index contributed by atoms with van der Waals surface area (Å²) in [4.78, 5) is 24.4. The molecule has 6 heteroatoms. The maximum Gasteiger partial charge on any atom is 0.296 e. The van der Waals surface area contributed by atoms with Crippen molar-refractivity contribution >= 4 is 22.6 Å². The molecule has 0 aliphatic carbocycles. The molecule has 0 bridgehead atoms. The van der Waals surface area contributed by atoms with Crippen LogP contribution in [0.3, 0.4) is 0 Å². The van der Waals surface area contributed by atoms with E-state index < -0.39 is 0 Å². The number of aromatic amines is 1. The first-order valence-corrected chi connectivity index (χ1v) is 7.19. The lowest BCUT2D eigenvalue weighted by atomic mass is 10.2. The van der Waals surface area contributed by atoms with Gasteiger partial charge < -0.3 is 9.40 Å². The second kappa shape index (κ2) is 4.68. The number of oxazole rings is 1. The quantitative estimate of drug-likeness (QED) is 0.616. The van der Waals surface area contributed by atoms with Crippen molar-refractivity contribution in [2.75, 3.05) is 0 Å². The molecule has 0 amide bonds. The monoisotopic (exact) mass is 295 g/mol. The van der Waals surface area contributed by atoms with Gasteiger partial charge in [-0.15, -0.1) is 11.3 Å². The summed E-state index contributed by atoms with van der Waals surface area (Å²) < 4.78 is 5.54. The summed E-state index contributed by atoms with van der Waals surface area (Å²) in [6.45, 7) is 0. The molecule has 0 saturated carbocycles. The van der Waals surface area contributed by atoms with Crippen molar-refractivity contribution < 1.29 is 4.42 Å². The highest BCUT2D eigenvalue weighted by atomic mass is 32.1. The van der Waals surface area contributed by atoms with Gasteiger partial charge in [-0.05, 0) is 23.6 Å². The third-order valence-electron chi connectivity index (χ3n) is 3.04. The van der Waals surface area contributed by atoms with Crippen LogP contribution in [0, 0.1) is 0 Å². The Balaban J connectivity index is 1.92. The van der Waals surface area contributed by atoms with Gasteiger partial charge in [0.25, 0.3) is 5.56 Å². The second-order valence-electron chi connectivity index (χ2n) is 4.43. The predicted octanol–water partition coefficient (Wildman–Crippen LogP) is 3.31. The predicted molar refractivity (Wildman–Crippen MR) is 81.2 cm³/mol. The van der Waals surface area contributed by atoms with E-state index in [-0.39, 0.29) is 11.1 Å². The average Bonchev–Trinajstić information content (AvgIpc) is 3.17. The van der Waals surface area contributed by atoms with Crippen molar-refractivity contribution in [3.8, 4) is 22.2 Å². The lowest BCUT2D eigenvalue weighted by molar-refractivity contribution is 0.614. The third kappa shape index (κ3) is 2.05. The molecule has 1 aromatic carbocycles. The van der Waals surface area contributed by atoms with E-state index in [9.17, 15) is 4.79 Å². The van der Waals surface area contributed by atoms with Crippen LogP contribution in [-0.4, -0.2) is 15.0 Å². The topological polar surface area (TPSA) is 71.8 Å². The number of benzene rings is 1. The Morgan fingerprint density at radius 2 is 1.90 bits per heavy atom. The van der Waals surface area contributed by atoms with Crippen LogP contribution < -0.4 is 5.56 Å². The van der Waals surface area contributed by atoms with Crippen LogP contribution in [0.5, 0.6) is 0 Å². The second-order valence-corrected chi connectivity index (χ2v) is 5.38. The summed E-state index contributed by atoms with van der Waals surface area (Å²) in [6, 6.07) is 13.2. The minimum atomic E-state index is -0.321. The third-order valence-corrected chi connectivity index (χ3v) is 3.92. The van der Waals surface area contributed by atoms with Gasteiger partial charge >= 0.3 is 0 Å². The largest absolute Gasteiger partial charge is 0.428 e. The van der Waals surface area contributed by atoms with Gasteiger partial charge in [0.2, 0.25) is 17.1 Å². The molecule has 1 N–H and O–H groups in total. The van der Waals surface area contributed by atoms with Crippen LogP contribution in [0.15, 0.2) is 57.1 Å². The van der Waals surface area contributed by atoms with E-state index in [1.165, 1.54) is 11.3 Å². The first-order chi connectivity index (χ1) is 10.3. The van der Waals surface area contributed by atoms with Crippen molar-refractivity contribution in [1.29, 1.82) is 0 Å². The molecule has 21 heavy (non-hydrogen) atoms. The lowest BCUT2D eigenvalue weighted by Gasteiger charge is -1.94. The normalized spacial score (nSPS) is 11.0. The molecule has 3 heterocycles. The Morgan fingerprint density at radius 1 is 1.05 bits per heavy atom. The van der Waals surface area contributed by atoms with Gasteiger partial charge in [-0.3, -0.25) is 4.79 Å². The molecule has 0 aliphatic heterocycles. The van der Waals surface area contributed by atoms with Gasteiger partial charge in [0, 0.05) is 5.56 Å². The van der Waals surface area contributed by atoms with Gasteiger partial charge in [-0.25, -0.2) is 4.98 Å². The molecule has 4 aromatic rings. The molecule has 0 fully saturated rings. The fraction of sp³-hybridized carbons (Fsp3) is 0. The Morgan fingerprint density at radius 3 is 2.67 bits per heavy atom. The first kappa shape index (κ1) is 12.0. The first-order valence-electron chi connectivity index (χ1n) is 6.31. The molecular weight excluding hydrogens is 286 g/mol. The molecule has 3 aromatic heterocycles. The van der Waals surface area contributed by atoms with Crippen molar-refractivity contribution in [2.45, 2.75) is 0 Å². The number of hydrogen-bond donors (Lipinski definition) is 1. The minimum Gasteiger partial charge on any atom is -0.428 e. The van der Waals surface area contributed by atoms with Crippen LogP contribution in [0.4, 0.5) is 0 Å². The van der Waals surface area contributed by atoms with Gasteiger partial charge in [0.05, 0.1) is 4.88 Å². The van der Waals surface area contributed by atoms with Gasteiger partial charge in [-0.2, -0.15) is 4.98 Å². The highest BCUT2D eigenvalue weighted by Gasteiger charge is 2.14. The molecule has 0 spiro atoms. The van der Waals surface area contributed by atoms with Crippen LogP contribution >= 0.6 is 11.3 Å². The molecule has 102 valence electrons. The van der Waals surface area contributed by atoms with Crippen LogP contribution in [0.2, 0.25) is 0 Å². The number of nitrogens with one attached hydrogen (secondary N) is 1. The van der Waals surface area contributed by atoms with E-state index in [1.807, 2.05) is 47.8 Å². The number of thiophene rings is 1. The van der Waals surface area contributed by atoms with E-state index in [4.69, 9.17) is 4.42 Å². The Hall–Kier alpha value is -2.73. The molecule has 0 saturated heterocycles. The van der Waals surface area contributed by atoms with E-state index in [0.29, 0.717) is 17.4 Å². The van der Waals surface area contributed by atoms with E-state index in [1.54, 1.807) is 0 Å². The Kier molecular flexibility index (Phi) is 2.68. The number of hydrogen-bond acceptors (Lipinski definition) is 5. The lowest BCUT2D eigenvalue weighted by Crippen LogP contribution is -2.07. The zero-order chi connectivity index (χ0) is 14.2. The minimum absolute atomic E-state index is 0.147. The number of H-pyrrole nitrogens is 1.